The van der Waals surface area contributed by atoms with E-state index in [0.29, 0.717) is 23.7 Å². The van der Waals surface area contributed by atoms with Crippen LogP contribution in [0.2, 0.25) is 0 Å². The zero-order valence-corrected chi connectivity index (χ0v) is 28.8. The van der Waals surface area contributed by atoms with Crippen LogP contribution >= 0.6 is 0 Å². The summed E-state index contributed by atoms with van der Waals surface area (Å²) in [5.74, 6) is 1.39. The monoisotopic (exact) mass is 579 g/mol. The third-order valence-electron chi connectivity index (χ3n) is 8.06. The Balaban J connectivity index is 2.21. The molecule has 0 radical (unpaired) electrons. The molecule has 3 rings (SSSR count). The molecular formula is C38H53N5. The lowest BCUT2D eigenvalue weighted by atomic mass is 9.92. The van der Waals surface area contributed by atoms with Gasteiger partial charge in [-0.15, -0.1) is 0 Å². The molecule has 43 heavy (non-hydrogen) atoms. The number of nitrogens with one attached hydrogen (secondary N) is 1. The zero-order chi connectivity index (χ0) is 32.0. The van der Waals surface area contributed by atoms with Crippen LogP contribution < -0.4 is 5.43 Å². The van der Waals surface area contributed by atoms with Gasteiger partial charge < -0.3 is 0 Å². The van der Waals surface area contributed by atoms with E-state index in [1.807, 2.05) is 0 Å². The summed E-state index contributed by atoms with van der Waals surface area (Å²) >= 11 is 0. The smallest absolute Gasteiger partial charge is 0.148 e. The topological polar surface area (TPSA) is 61.5 Å². The minimum atomic E-state index is -0.431. The highest BCUT2D eigenvalue weighted by Gasteiger charge is 2.21. The van der Waals surface area contributed by atoms with Crippen molar-refractivity contribution in [2.45, 2.75) is 120 Å². The number of anilines is 1. The highest BCUT2D eigenvalue weighted by molar-refractivity contribution is 6.11. The largest absolute Gasteiger partial charge is 0.260 e. The predicted molar refractivity (Wildman–Crippen MR) is 188 cm³/mol. The summed E-state index contributed by atoms with van der Waals surface area (Å²) in [6.45, 7) is 28.2. The second-order valence-corrected chi connectivity index (χ2v) is 13.2. The number of rotatable bonds is 11. The first-order valence-corrected chi connectivity index (χ1v) is 15.8. The van der Waals surface area contributed by atoms with E-state index in [4.69, 9.17) is 15.1 Å². The molecule has 0 amide bonds. The van der Waals surface area contributed by atoms with Gasteiger partial charge >= 0.3 is 0 Å². The zero-order valence-electron chi connectivity index (χ0n) is 28.8. The Morgan fingerprint density at radius 2 is 0.930 bits per heavy atom. The van der Waals surface area contributed by atoms with Gasteiger partial charge in [-0.3, -0.25) is 15.4 Å². The van der Waals surface area contributed by atoms with Crippen molar-refractivity contribution in [1.29, 1.82) is 0 Å². The average molecular weight is 580 g/mol. The lowest BCUT2D eigenvalue weighted by molar-refractivity contribution is 0.832. The van der Waals surface area contributed by atoms with Gasteiger partial charge in [-0.1, -0.05) is 115 Å². The third kappa shape index (κ3) is 8.28. The summed E-state index contributed by atoms with van der Waals surface area (Å²) in [6.07, 6.45) is 0. The van der Waals surface area contributed by atoms with Gasteiger partial charge in [0.25, 0.3) is 0 Å². The number of benzene rings is 3. The van der Waals surface area contributed by atoms with Crippen LogP contribution in [0.15, 0.2) is 68.9 Å². The van der Waals surface area contributed by atoms with E-state index in [2.05, 4.69) is 149 Å². The van der Waals surface area contributed by atoms with Crippen LogP contribution in [0, 0.1) is 20.8 Å². The minimum Gasteiger partial charge on any atom is -0.260 e. The average Bonchev–Trinajstić information content (AvgIpc) is 2.91. The first kappa shape index (κ1) is 33.9. The van der Waals surface area contributed by atoms with Crippen LogP contribution in [0.1, 0.15) is 132 Å². The fourth-order valence-corrected chi connectivity index (χ4v) is 5.72. The molecule has 0 aliphatic rings. The molecule has 5 nitrogen and oxygen atoms in total. The highest BCUT2D eigenvalue weighted by atomic mass is 15.4. The molecule has 0 aliphatic carbocycles. The van der Waals surface area contributed by atoms with Gasteiger partial charge in [0.2, 0.25) is 0 Å². The van der Waals surface area contributed by atoms with E-state index in [-0.39, 0.29) is 0 Å². The summed E-state index contributed by atoms with van der Waals surface area (Å²) in [7, 11) is 0. The molecule has 230 valence electrons. The van der Waals surface area contributed by atoms with Gasteiger partial charge in [0.05, 0.1) is 17.1 Å². The Hall–Kier alpha value is -3.60. The standard InChI is InChI=1S/C38H53N5/c1-22(2)31-16-14-17-32(23(3)4)37(31)39-29(12)36(42-43-41-35-27(10)20-26(9)21-28(35)11)30(13)40-38-33(24(5)6)18-15-19-34(38)25(7)8/h14-25,36H,1-13H3,(H,41,42). The van der Waals surface area contributed by atoms with Crippen LogP contribution in [0.3, 0.4) is 0 Å². The number of hydrogen-bond acceptors (Lipinski definition) is 4. The van der Waals surface area contributed by atoms with Crippen LogP contribution in [0.4, 0.5) is 17.1 Å². The molecule has 0 heterocycles. The van der Waals surface area contributed by atoms with Crippen LogP contribution in [-0.2, 0) is 0 Å². The Bertz CT molecular complexity index is 1350. The van der Waals surface area contributed by atoms with Gasteiger partial charge in [0.1, 0.15) is 6.04 Å². The summed E-state index contributed by atoms with van der Waals surface area (Å²) < 4.78 is 0. The van der Waals surface area contributed by atoms with Crippen LogP contribution in [-0.4, -0.2) is 17.5 Å². The van der Waals surface area contributed by atoms with Gasteiger partial charge in [-0.05, 0) is 91.7 Å². The number of aryl methyl sites for hydroxylation is 3. The molecule has 0 unspecified atom stereocenters. The van der Waals surface area contributed by atoms with Crippen LogP contribution in [0.5, 0.6) is 0 Å². The lowest BCUT2D eigenvalue weighted by Crippen LogP contribution is -2.24. The maximum atomic E-state index is 5.31. The molecule has 0 atom stereocenters. The molecule has 1 N–H and O–H groups in total. The van der Waals surface area contributed by atoms with E-state index in [9.17, 15) is 0 Å². The first-order chi connectivity index (χ1) is 20.2. The van der Waals surface area contributed by atoms with E-state index in [0.717, 1.165) is 39.6 Å². The van der Waals surface area contributed by atoms with E-state index in [1.165, 1.54) is 27.8 Å². The SMILES string of the molecule is CC(=Nc1c(C(C)C)cccc1C(C)C)C(N=NNc1c(C)cc(C)cc1C)C(C)=Nc1c(C(C)C)cccc1C(C)C. The third-order valence-corrected chi connectivity index (χ3v) is 8.06. The Kier molecular flexibility index (Phi) is 11.6. The molecule has 0 saturated heterocycles. The molecule has 0 saturated carbocycles. The Morgan fingerprint density at radius 3 is 1.26 bits per heavy atom. The van der Waals surface area contributed by atoms with Crippen molar-refractivity contribution in [2.24, 2.45) is 20.3 Å². The Labute approximate surface area is 261 Å². The van der Waals surface area contributed by atoms with E-state index >= 15 is 0 Å². The normalized spacial score (nSPS) is 13.7. The number of nitrogens with zero attached hydrogens (tertiary/aromatic N) is 4. The van der Waals surface area contributed by atoms with Gasteiger partial charge in [0, 0.05) is 11.4 Å². The van der Waals surface area contributed by atoms with E-state index < -0.39 is 6.04 Å². The van der Waals surface area contributed by atoms with Crippen LogP contribution in [0.25, 0.3) is 0 Å². The molecule has 3 aromatic carbocycles. The molecule has 0 aromatic heterocycles. The second-order valence-electron chi connectivity index (χ2n) is 13.2. The maximum Gasteiger partial charge on any atom is 0.148 e. The van der Waals surface area contributed by atoms with Crippen molar-refractivity contribution in [3.05, 3.63) is 87.5 Å². The van der Waals surface area contributed by atoms with Crippen molar-refractivity contribution >= 4 is 28.5 Å². The highest BCUT2D eigenvalue weighted by Crippen LogP contribution is 2.37. The lowest BCUT2D eigenvalue weighted by Gasteiger charge is -2.20. The molecule has 5 heteroatoms. The minimum absolute atomic E-state index is 0.348. The summed E-state index contributed by atoms with van der Waals surface area (Å²) in [5, 5.41) is 9.43. The van der Waals surface area contributed by atoms with Crippen molar-refractivity contribution in [2.75, 3.05) is 5.43 Å². The molecule has 0 bridgehead atoms. The molecule has 3 aromatic rings. The molecule has 0 fully saturated rings. The molecule has 0 spiro atoms. The summed E-state index contributed by atoms with van der Waals surface area (Å²) in [5.41, 5.74) is 16.5. The Morgan fingerprint density at radius 1 is 0.581 bits per heavy atom. The quantitative estimate of drug-likeness (QED) is 0.137. The first-order valence-electron chi connectivity index (χ1n) is 15.8. The molecular weight excluding hydrogens is 526 g/mol. The number of aliphatic imine (C=N–C) groups is 2. The fourth-order valence-electron chi connectivity index (χ4n) is 5.72. The van der Waals surface area contributed by atoms with Gasteiger partial charge in [-0.25, -0.2) is 0 Å². The van der Waals surface area contributed by atoms with Crippen molar-refractivity contribution < 1.29 is 0 Å². The number of hydrogen-bond donors (Lipinski definition) is 1. The summed E-state index contributed by atoms with van der Waals surface area (Å²) in [6, 6.07) is 17.0. The molecule has 0 aliphatic heterocycles. The number of para-hydroxylation sites is 2. The van der Waals surface area contributed by atoms with E-state index in [1.54, 1.807) is 0 Å². The maximum absolute atomic E-state index is 5.31. The second kappa shape index (κ2) is 14.7. The van der Waals surface area contributed by atoms with Gasteiger partial charge in [-0.2, -0.15) is 5.11 Å². The van der Waals surface area contributed by atoms with Crippen molar-refractivity contribution in [3.8, 4) is 0 Å². The fraction of sp³-hybridized carbons (Fsp3) is 0.474. The predicted octanol–water partition coefficient (Wildman–Crippen LogP) is 11.8. The summed E-state index contributed by atoms with van der Waals surface area (Å²) in [4.78, 5) is 10.6. The van der Waals surface area contributed by atoms with Crippen molar-refractivity contribution in [3.63, 3.8) is 0 Å². The van der Waals surface area contributed by atoms with Crippen molar-refractivity contribution in [1.82, 2.24) is 0 Å². The van der Waals surface area contributed by atoms with Gasteiger partial charge in [0.15, 0.2) is 0 Å².